The van der Waals surface area contributed by atoms with Crippen LogP contribution < -0.4 is 0 Å². The summed E-state index contributed by atoms with van der Waals surface area (Å²) in [5, 5.41) is -1.92. The second-order valence-electron chi connectivity index (χ2n) is 2.76. The van der Waals surface area contributed by atoms with E-state index in [0.29, 0.717) is 0 Å². The van der Waals surface area contributed by atoms with E-state index in [0.717, 1.165) is 0 Å². The van der Waals surface area contributed by atoms with Gasteiger partial charge in [0.15, 0.2) is 5.25 Å². The predicted octanol–water partition coefficient (Wildman–Crippen LogP) is -0.889. The minimum absolute atomic E-state index is 0. The van der Waals surface area contributed by atoms with Crippen molar-refractivity contribution >= 4 is 40.9 Å². The molecule has 7 nitrogen and oxygen atoms in total. The van der Waals surface area contributed by atoms with Crippen molar-refractivity contribution in [3.8, 4) is 0 Å². The fraction of sp³-hybridized carbons (Fsp3) is 0.750. The standard InChI is InChI=1S/C8H14O7S.Li.H/c1-3-14-7(9)5-6(16(11,12)13)8(10)15-4-2;;/h6H,3-5H2,1-2H3,(H,11,12,13);;. The molecular weight excluding hydrogens is 247 g/mol. The Morgan fingerprint density at radius 2 is 1.65 bits per heavy atom. The maximum atomic E-state index is 11.2. The van der Waals surface area contributed by atoms with E-state index >= 15 is 0 Å². The first-order valence-electron chi connectivity index (χ1n) is 4.61. The molecule has 0 bridgehead atoms. The van der Waals surface area contributed by atoms with Crippen LogP contribution in [-0.4, -0.2) is 62.2 Å². The van der Waals surface area contributed by atoms with Crippen LogP contribution in [0.25, 0.3) is 0 Å². The summed E-state index contributed by atoms with van der Waals surface area (Å²) in [6.07, 6.45) is -0.758. The van der Waals surface area contributed by atoms with Gasteiger partial charge in [-0.1, -0.05) is 0 Å². The Kier molecular flexibility index (Phi) is 9.43. The molecule has 0 aromatic rings. The Balaban J connectivity index is 0. The first kappa shape index (κ1) is 18.8. The average molecular weight is 262 g/mol. The van der Waals surface area contributed by atoms with Crippen molar-refractivity contribution in [2.75, 3.05) is 13.2 Å². The fourth-order valence-corrected chi connectivity index (χ4v) is 1.57. The zero-order valence-electron chi connectivity index (χ0n) is 9.00. The molecule has 96 valence electrons. The Hall–Kier alpha value is -0.553. The monoisotopic (exact) mass is 262 g/mol. The molecule has 0 aromatic carbocycles. The molecule has 0 saturated heterocycles. The SMILES string of the molecule is CCOC(=O)CC(C(=O)OCC)S(=O)(=O)O.[LiH]. The molecule has 0 radical (unpaired) electrons. The van der Waals surface area contributed by atoms with Crippen molar-refractivity contribution in [3.63, 3.8) is 0 Å². The summed E-state index contributed by atoms with van der Waals surface area (Å²) < 4.78 is 39.3. The van der Waals surface area contributed by atoms with Crippen LogP contribution >= 0.6 is 0 Å². The predicted molar refractivity (Wildman–Crippen MR) is 60.4 cm³/mol. The van der Waals surface area contributed by atoms with Gasteiger partial charge in [-0.05, 0) is 13.8 Å². The van der Waals surface area contributed by atoms with Gasteiger partial charge in [0.2, 0.25) is 0 Å². The van der Waals surface area contributed by atoms with E-state index in [4.69, 9.17) is 4.55 Å². The van der Waals surface area contributed by atoms with E-state index in [1.807, 2.05) is 0 Å². The minimum atomic E-state index is -4.68. The van der Waals surface area contributed by atoms with Gasteiger partial charge in [-0.15, -0.1) is 0 Å². The molecule has 0 aliphatic rings. The number of ether oxygens (including phenoxy) is 2. The molecule has 0 aromatic heterocycles. The average Bonchev–Trinajstić information content (AvgIpc) is 2.13. The molecule has 17 heavy (non-hydrogen) atoms. The van der Waals surface area contributed by atoms with Crippen LogP contribution in [0.2, 0.25) is 0 Å². The van der Waals surface area contributed by atoms with Crippen molar-refractivity contribution in [3.05, 3.63) is 0 Å². The van der Waals surface area contributed by atoms with Gasteiger partial charge in [0.25, 0.3) is 10.1 Å². The van der Waals surface area contributed by atoms with Crippen LogP contribution in [0.4, 0.5) is 0 Å². The van der Waals surface area contributed by atoms with Gasteiger partial charge in [-0.2, -0.15) is 8.42 Å². The third kappa shape index (κ3) is 7.39. The molecule has 0 aliphatic heterocycles. The molecule has 0 rings (SSSR count). The Labute approximate surface area is 112 Å². The van der Waals surface area contributed by atoms with Crippen LogP contribution in [0.3, 0.4) is 0 Å². The molecule has 0 fully saturated rings. The van der Waals surface area contributed by atoms with E-state index in [9.17, 15) is 18.0 Å². The van der Waals surface area contributed by atoms with Crippen LogP contribution in [-0.2, 0) is 29.2 Å². The summed E-state index contributed by atoms with van der Waals surface area (Å²) in [7, 11) is -4.68. The molecule has 1 atom stereocenters. The Morgan fingerprint density at radius 1 is 1.18 bits per heavy atom. The van der Waals surface area contributed by atoms with Gasteiger partial charge in [0, 0.05) is 0 Å². The van der Waals surface area contributed by atoms with Gasteiger partial charge >= 0.3 is 30.8 Å². The van der Waals surface area contributed by atoms with Gasteiger partial charge in [-0.3, -0.25) is 14.1 Å². The fourth-order valence-electron chi connectivity index (χ4n) is 0.917. The molecule has 9 heteroatoms. The Morgan fingerprint density at radius 3 is 2.00 bits per heavy atom. The van der Waals surface area contributed by atoms with E-state index in [-0.39, 0.29) is 32.1 Å². The maximum absolute atomic E-state index is 11.2. The second-order valence-corrected chi connectivity index (χ2v) is 4.36. The van der Waals surface area contributed by atoms with E-state index < -0.39 is 33.7 Å². The van der Waals surface area contributed by atoms with Crippen LogP contribution in [0.1, 0.15) is 20.3 Å². The van der Waals surface area contributed by atoms with E-state index in [1.165, 1.54) is 13.8 Å². The molecule has 1 N–H and O–H groups in total. The molecule has 0 saturated carbocycles. The van der Waals surface area contributed by atoms with Crippen molar-refractivity contribution in [1.82, 2.24) is 0 Å². The molecule has 1 unspecified atom stereocenters. The van der Waals surface area contributed by atoms with E-state index in [1.54, 1.807) is 0 Å². The normalized spacial score (nSPS) is 12.2. The van der Waals surface area contributed by atoms with Gasteiger partial charge in [0.1, 0.15) is 0 Å². The third-order valence-corrected chi connectivity index (χ3v) is 2.64. The van der Waals surface area contributed by atoms with Crippen molar-refractivity contribution in [2.24, 2.45) is 0 Å². The van der Waals surface area contributed by atoms with Crippen LogP contribution in [0, 0.1) is 0 Å². The van der Waals surface area contributed by atoms with Crippen LogP contribution in [0.15, 0.2) is 0 Å². The van der Waals surface area contributed by atoms with Crippen molar-refractivity contribution < 1.29 is 32.0 Å². The topological polar surface area (TPSA) is 107 Å². The number of hydrogen-bond donors (Lipinski definition) is 1. The quantitative estimate of drug-likeness (QED) is 0.376. The van der Waals surface area contributed by atoms with Gasteiger partial charge in [-0.25, -0.2) is 0 Å². The number of carbonyl (C=O) groups is 2. The first-order valence-corrected chi connectivity index (χ1v) is 6.11. The van der Waals surface area contributed by atoms with Crippen molar-refractivity contribution in [2.45, 2.75) is 25.5 Å². The molecule has 0 aliphatic carbocycles. The summed E-state index contributed by atoms with van der Waals surface area (Å²) in [6, 6.07) is 0. The summed E-state index contributed by atoms with van der Waals surface area (Å²) >= 11 is 0. The zero-order chi connectivity index (χ0) is 12.8. The number of rotatable bonds is 6. The molecule has 0 amide bonds. The zero-order valence-corrected chi connectivity index (χ0v) is 9.82. The summed E-state index contributed by atoms with van der Waals surface area (Å²) in [4.78, 5) is 22.2. The van der Waals surface area contributed by atoms with Gasteiger partial charge in [0.05, 0.1) is 19.6 Å². The first-order chi connectivity index (χ1) is 7.32. The summed E-state index contributed by atoms with van der Waals surface area (Å²) in [5.74, 6) is -2.06. The second kappa shape index (κ2) is 8.53. The van der Waals surface area contributed by atoms with Gasteiger partial charge < -0.3 is 9.47 Å². The Bertz CT molecular complexity index is 351. The van der Waals surface area contributed by atoms with E-state index in [2.05, 4.69) is 9.47 Å². The molecular formula is C8H15LiO7S. The number of hydrogen-bond acceptors (Lipinski definition) is 6. The third-order valence-electron chi connectivity index (χ3n) is 1.57. The number of esters is 2. The number of carbonyl (C=O) groups excluding carboxylic acids is 2. The molecule has 0 spiro atoms. The van der Waals surface area contributed by atoms with Crippen molar-refractivity contribution in [1.29, 1.82) is 0 Å². The molecule has 0 heterocycles. The summed E-state index contributed by atoms with van der Waals surface area (Å²) in [5.41, 5.74) is 0. The summed E-state index contributed by atoms with van der Waals surface area (Å²) in [6.45, 7) is 3.02. The van der Waals surface area contributed by atoms with Crippen LogP contribution in [0.5, 0.6) is 0 Å².